The number of allylic oxidation sites excluding steroid dienone is 1. The second kappa shape index (κ2) is 9.85. The third kappa shape index (κ3) is 4.44. The lowest BCUT2D eigenvalue weighted by Gasteiger charge is -2.28. The van der Waals surface area contributed by atoms with Gasteiger partial charge in [-0.15, -0.1) is 0 Å². The average molecular weight is 499 g/mol. The zero-order valence-electron chi connectivity index (χ0n) is 20.8. The molecule has 0 saturated carbocycles. The first-order valence-corrected chi connectivity index (χ1v) is 11.8. The van der Waals surface area contributed by atoms with Crippen molar-refractivity contribution in [2.75, 3.05) is 20.8 Å². The Balaban J connectivity index is 1.63. The van der Waals surface area contributed by atoms with E-state index in [2.05, 4.69) is 6.58 Å². The van der Waals surface area contributed by atoms with E-state index in [0.717, 1.165) is 11.1 Å². The molecule has 188 valence electrons. The number of fused-ring (bicyclic) bond motifs is 3. The van der Waals surface area contributed by atoms with Crippen molar-refractivity contribution in [2.45, 2.75) is 19.3 Å². The van der Waals surface area contributed by atoms with Crippen molar-refractivity contribution in [1.29, 1.82) is 0 Å². The summed E-state index contributed by atoms with van der Waals surface area (Å²) in [5.41, 5.74) is 3.28. The number of para-hydroxylation sites is 2. The number of hydrogen-bond acceptors (Lipinski definition) is 7. The number of carbonyl (C=O) groups excluding carboxylic acids is 2. The van der Waals surface area contributed by atoms with Crippen molar-refractivity contribution in [3.63, 3.8) is 0 Å². The molecule has 0 fully saturated rings. The first-order valence-electron chi connectivity index (χ1n) is 11.8. The van der Waals surface area contributed by atoms with Crippen molar-refractivity contribution in [3.8, 4) is 28.7 Å². The predicted molar refractivity (Wildman–Crippen MR) is 138 cm³/mol. The molecule has 2 aliphatic heterocycles. The average Bonchev–Trinajstić information content (AvgIpc) is 3.21. The fourth-order valence-electron chi connectivity index (χ4n) is 4.62. The van der Waals surface area contributed by atoms with Crippen LogP contribution in [-0.2, 0) is 4.79 Å². The standard InChI is InChI=1S/C30H26O7/c1-17(2)16-35-29-19(9-7-11-24(29)34-4)21-15-26(31)36-23-13-12-20-28(32)25(37-30(20)27(21)23)14-18-8-5-6-10-22(18)33-3/h5-14,21H,1,15-16H2,2-4H3. The lowest BCUT2D eigenvalue weighted by Crippen LogP contribution is -2.22. The molecule has 2 heterocycles. The molecule has 0 radical (unpaired) electrons. The highest BCUT2D eigenvalue weighted by molar-refractivity contribution is 6.15. The number of rotatable bonds is 7. The van der Waals surface area contributed by atoms with Gasteiger partial charge < -0.3 is 23.7 Å². The highest BCUT2D eigenvalue weighted by Crippen LogP contribution is 2.51. The zero-order valence-corrected chi connectivity index (χ0v) is 20.8. The third-order valence-electron chi connectivity index (χ3n) is 6.27. The topological polar surface area (TPSA) is 80.3 Å². The van der Waals surface area contributed by atoms with Gasteiger partial charge in [-0.1, -0.05) is 36.9 Å². The number of ketones is 1. The Kier molecular flexibility index (Phi) is 6.44. The molecular weight excluding hydrogens is 472 g/mol. The Morgan fingerprint density at radius 3 is 2.51 bits per heavy atom. The summed E-state index contributed by atoms with van der Waals surface area (Å²) in [7, 11) is 3.13. The molecule has 1 atom stereocenters. The summed E-state index contributed by atoms with van der Waals surface area (Å²) < 4.78 is 28.8. The Morgan fingerprint density at radius 2 is 1.76 bits per heavy atom. The molecule has 0 aromatic heterocycles. The molecule has 0 spiro atoms. The van der Waals surface area contributed by atoms with Crippen LogP contribution in [0.15, 0.2) is 72.5 Å². The van der Waals surface area contributed by atoms with Crippen molar-refractivity contribution in [3.05, 3.63) is 94.8 Å². The van der Waals surface area contributed by atoms with E-state index in [1.54, 1.807) is 38.5 Å². The van der Waals surface area contributed by atoms with Gasteiger partial charge in [0.25, 0.3) is 0 Å². The van der Waals surface area contributed by atoms with Gasteiger partial charge in [0, 0.05) is 22.6 Å². The van der Waals surface area contributed by atoms with Crippen molar-refractivity contribution >= 4 is 17.8 Å². The summed E-state index contributed by atoms with van der Waals surface area (Å²) in [6.45, 7) is 6.06. The van der Waals surface area contributed by atoms with Crippen molar-refractivity contribution in [1.82, 2.24) is 0 Å². The molecule has 7 heteroatoms. The van der Waals surface area contributed by atoms with E-state index in [9.17, 15) is 9.59 Å². The molecule has 0 N–H and O–H groups in total. The molecule has 3 aromatic carbocycles. The van der Waals surface area contributed by atoms with Gasteiger partial charge in [0.15, 0.2) is 17.3 Å². The van der Waals surface area contributed by atoms with Gasteiger partial charge in [-0.25, -0.2) is 0 Å². The smallest absolute Gasteiger partial charge is 0.312 e. The summed E-state index contributed by atoms with van der Waals surface area (Å²) in [6.07, 6.45) is 1.70. The monoisotopic (exact) mass is 498 g/mol. The van der Waals surface area contributed by atoms with Crippen LogP contribution in [0, 0.1) is 0 Å². The molecule has 5 rings (SSSR count). The van der Waals surface area contributed by atoms with E-state index in [0.29, 0.717) is 45.4 Å². The second-order valence-corrected chi connectivity index (χ2v) is 8.89. The Bertz CT molecular complexity index is 1450. The van der Waals surface area contributed by atoms with Crippen LogP contribution in [-0.4, -0.2) is 32.6 Å². The lowest BCUT2D eigenvalue weighted by molar-refractivity contribution is -0.135. The fraction of sp³-hybridized carbons (Fsp3) is 0.200. The highest BCUT2D eigenvalue weighted by Gasteiger charge is 2.40. The van der Waals surface area contributed by atoms with E-state index in [-0.39, 0.29) is 30.5 Å². The van der Waals surface area contributed by atoms with Gasteiger partial charge in [-0.2, -0.15) is 0 Å². The van der Waals surface area contributed by atoms with Crippen LogP contribution < -0.4 is 23.7 Å². The van der Waals surface area contributed by atoms with E-state index < -0.39 is 5.92 Å². The van der Waals surface area contributed by atoms with Crippen LogP contribution >= 0.6 is 0 Å². The van der Waals surface area contributed by atoms with Crippen LogP contribution in [0.5, 0.6) is 28.7 Å². The van der Waals surface area contributed by atoms with Gasteiger partial charge in [0.1, 0.15) is 23.9 Å². The number of ether oxygens (including phenoxy) is 5. The molecule has 7 nitrogen and oxygen atoms in total. The first-order chi connectivity index (χ1) is 17.9. The summed E-state index contributed by atoms with van der Waals surface area (Å²) in [6, 6.07) is 16.1. The maximum atomic E-state index is 13.3. The molecule has 0 amide bonds. The normalized spacial score (nSPS) is 16.9. The molecule has 0 bridgehead atoms. The van der Waals surface area contributed by atoms with Crippen LogP contribution in [0.25, 0.3) is 6.08 Å². The van der Waals surface area contributed by atoms with Gasteiger partial charge in [0.2, 0.25) is 5.78 Å². The van der Waals surface area contributed by atoms with E-state index in [4.69, 9.17) is 23.7 Å². The third-order valence-corrected chi connectivity index (χ3v) is 6.27. The number of hydrogen-bond donors (Lipinski definition) is 0. The zero-order chi connectivity index (χ0) is 26.1. The van der Waals surface area contributed by atoms with Gasteiger partial charge in [-0.3, -0.25) is 9.59 Å². The number of carbonyl (C=O) groups is 2. The lowest BCUT2D eigenvalue weighted by atomic mass is 9.84. The number of benzene rings is 3. The number of Topliss-reactive ketones (excluding diaryl/α,β-unsaturated/α-hetero) is 1. The summed E-state index contributed by atoms with van der Waals surface area (Å²) >= 11 is 0. The van der Waals surface area contributed by atoms with Crippen LogP contribution in [0.2, 0.25) is 0 Å². The summed E-state index contributed by atoms with van der Waals surface area (Å²) in [5.74, 6) is 1.39. The van der Waals surface area contributed by atoms with Crippen molar-refractivity contribution < 1.29 is 33.3 Å². The molecule has 37 heavy (non-hydrogen) atoms. The van der Waals surface area contributed by atoms with E-state index in [1.807, 2.05) is 43.3 Å². The minimum absolute atomic E-state index is 0.0448. The maximum absolute atomic E-state index is 13.3. The number of esters is 1. The minimum atomic E-state index is -0.486. The minimum Gasteiger partial charge on any atom is -0.496 e. The number of methoxy groups -OCH3 is 2. The molecule has 0 saturated heterocycles. The predicted octanol–water partition coefficient (Wildman–Crippen LogP) is 5.72. The van der Waals surface area contributed by atoms with Crippen LogP contribution in [0.1, 0.15) is 46.3 Å². The highest BCUT2D eigenvalue weighted by atomic mass is 16.5. The molecule has 2 aliphatic rings. The van der Waals surface area contributed by atoms with Gasteiger partial charge in [0.05, 0.1) is 26.2 Å². The Labute approximate surface area is 214 Å². The second-order valence-electron chi connectivity index (χ2n) is 8.89. The van der Waals surface area contributed by atoms with Crippen LogP contribution in [0.3, 0.4) is 0 Å². The first kappa shape index (κ1) is 24.2. The van der Waals surface area contributed by atoms with Gasteiger partial charge >= 0.3 is 5.97 Å². The van der Waals surface area contributed by atoms with Gasteiger partial charge in [-0.05, 0) is 42.8 Å². The van der Waals surface area contributed by atoms with E-state index in [1.165, 1.54) is 0 Å². The summed E-state index contributed by atoms with van der Waals surface area (Å²) in [5, 5.41) is 0. The van der Waals surface area contributed by atoms with E-state index >= 15 is 0 Å². The molecule has 0 aliphatic carbocycles. The maximum Gasteiger partial charge on any atom is 0.312 e. The summed E-state index contributed by atoms with van der Waals surface area (Å²) in [4.78, 5) is 26.0. The fourth-order valence-corrected chi connectivity index (χ4v) is 4.62. The molecule has 1 unspecified atom stereocenters. The quantitative estimate of drug-likeness (QED) is 0.178. The van der Waals surface area contributed by atoms with Crippen LogP contribution in [0.4, 0.5) is 0 Å². The molecular formula is C30H26O7. The molecule has 3 aromatic rings. The largest absolute Gasteiger partial charge is 0.496 e. The van der Waals surface area contributed by atoms with Crippen molar-refractivity contribution in [2.24, 2.45) is 0 Å². The Hall–Kier alpha value is -4.52. The Morgan fingerprint density at radius 1 is 1.00 bits per heavy atom. The SMILES string of the molecule is C=C(C)COc1c(OC)cccc1C1CC(=O)Oc2ccc3c(c21)OC(=Cc1ccccc1OC)C3=O.